The fourth-order valence-corrected chi connectivity index (χ4v) is 3.34. The zero-order valence-electron chi connectivity index (χ0n) is 11.4. The van der Waals surface area contributed by atoms with E-state index >= 15 is 0 Å². The van der Waals surface area contributed by atoms with E-state index < -0.39 is 12.0 Å². The highest BCUT2D eigenvalue weighted by Gasteiger charge is 2.39. The van der Waals surface area contributed by atoms with Crippen molar-refractivity contribution in [2.24, 2.45) is 0 Å². The molecule has 0 atom stereocenters. The SMILES string of the molecule is O=C(c1ccc2cc(-c3n[nH]c4ccsc34)[nH]c2c1)C(F)(F)F. The molecule has 23 heavy (non-hydrogen) atoms. The van der Waals surface area contributed by atoms with Gasteiger partial charge in [-0.1, -0.05) is 12.1 Å². The second-order valence-corrected chi connectivity index (χ2v) is 5.96. The van der Waals surface area contributed by atoms with Gasteiger partial charge in [-0.05, 0) is 23.6 Å². The lowest BCUT2D eigenvalue weighted by Crippen LogP contribution is -2.22. The zero-order chi connectivity index (χ0) is 16.2. The summed E-state index contributed by atoms with van der Waals surface area (Å²) in [5.74, 6) is -1.85. The van der Waals surface area contributed by atoms with Crippen molar-refractivity contribution >= 4 is 38.2 Å². The smallest absolute Gasteiger partial charge is 0.353 e. The number of halogens is 3. The van der Waals surface area contributed by atoms with E-state index in [-0.39, 0.29) is 5.56 Å². The van der Waals surface area contributed by atoms with Gasteiger partial charge in [0.2, 0.25) is 0 Å². The van der Waals surface area contributed by atoms with E-state index in [1.165, 1.54) is 29.5 Å². The molecule has 0 spiro atoms. The van der Waals surface area contributed by atoms with Crippen molar-refractivity contribution in [2.75, 3.05) is 0 Å². The van der Waals surface area contributed by atoms with Crippen molar-refractivity contribution in [1.82, 2.24) is 15.2 Å². The number of Topliss-reactive ketones (excluding diaryl/α,β-unsaturated/α-hetero) is 1. The Labute approximate surface area is 130 Å². The van der Waals surface area contributed by atoms with Gasteiger partial charge < -0.3 is 4.98 Å². The minimum absolute atomic E-state index is 0.387. The van der Waals surface area contributed by atoms with Crippen LogP contribution in [0.3, 0.4) is 0 Å². The third kappa shape index (κ3) is 2.22. The number of ketones is 1. The van der Waals surface area contributed by atoms with Gasteiger partial charge in [0.15, 0.2) is 0 Å². The maximum atomic E-state index is 12.5. The predicted octanol–water partition coefficient (Wildman–Crippen LogP) is 4.52. The van der Waals surface area contributed by atoms with Crippen LogP contribution >= 0.6 is 11.3 Å². The number of hydrogen-bond acceptors (Lipinski definition) is 3. The van der Waals surface area contributed by atoms with E-state index in [4.69, 9.17) is 0 Å². The van der Waals surface area contributed by atoms with Crippen LogP contribution in [0.1, 0.15) is 10.4 Å². The second-order valence-electron chi connectivity index (χ2n) is 5.05. The number of aromatic amines is 2. The highest BCUT2D eigenvalue weighted by Crippen LogP contribution is 2.32. The number of benzene rings is 1. The summed E-state index contributed by atoms with van der Waals surface area (Å²) < 4.78 is 38.6. The van der Waals surface area contributed by atoms with E-state index in [0.29, 0.717) is 22.3 Å². The maximum absolute atomic E-state index is 12.5. The molecule has 0 saturated heterocycles. The molecular weight excluding hydrogens is 327 g/mol. The van der Waals surface area contributed by atoms with Crippen LogP contribution in [-0.2, 0) is 0 Å². The molecule has 0 bridgehead atoms. The summed E-state index contributed by atoms with van der Waals surface area (Å²) in [6, 6.07) is 7.59. The molecule has 2 N–H and O–H groups in total. The van der Waals surface area contributed by atoms with Crippen molar-refractivity contribution in [1.29, 1.82) is 0 Å². The van der Waals surface area contributed by atoms with Crippen molar-refractivity contribution < 1.29 is 18.0 Å². The average molecular weight is 335 g/mol. The summed E-state index contributed by atoms with van der Waals surface area (Å²) in [7, 11) is 0. The first-order chi connectivity index (χ1) is 10.9. The lowest BCUT2D eigenvalue weighted by Gasteiger charge is -2.04. The molecule has 0 aliphatic carbocycles. The molecule has 3 aromatic heterocycles. The van der Waals surface area contributed by atoms with E-state index in [0.717, 1.165) is 10.2 Å². The second kappa shape index (κ2) is 4.69. The molecule has 116 valence electrons. The fraction of sp³-hybridized carbons (Fsp3) is 0.0667. The van der Waals surface area contributed by atoms with Gasteiger partial charge in [0.25, 0.3) is 5.78 Å². The number of aromatic nitrogens is 3. The fourth-order valence-electron chi connectivity index (χ4n) is 2.49. The summed E-state index contributed by atoms with van der Waals surface area (Å²) >= 11 is 1.52. The molecule has 4 aromatic rings. The Bertz CT molecular complexity index is 1040. The Morgan fingerprint density at radius 1 is 1.13 bits per heavy atom. The van der Waals surface area contributed by atoms with Crippen molar-refractivity contribution in [3.63, 3.8) is 0 Å². The third-order valence-electron chi connectivity index (χ3n) is 3.57. The summed E-state index contributed by atoms with van der Waals surface area (Å²) in [6.07, 6.45) is -4.88. The Hall–Kier alpha value is -2.61. The van der Waals surface area contributed by atoms with E-state index in [1.807, 2.05) is 11.4 Å². The lowest BCUT2D eigenvalue weighted by atomic mass is 10.1. The Balaban J connectivity index is 1.83. The first-order valence-electron chi connectivity index (χ1n) is 6.60. The molecule has 0 aliphatic rings. The molecule has 0 amide bonds. The number of nitrogens with one attached hydrogen (secondary N) is 2. The standard InChI is InChI=1S/C15H8F3N3OS/c16-15(17,18)14(22)8-2-1-7-5-11(19-10(7)6-8)12-13-9(20-21-12)3-4-23-13/h1-6,19H,(H,20,21). The first kappa shape index (κ1) is 14.0. The molecule has 1 aromatic carbocycles. The Kier molecular flexibility index (Phi) is 2.86. The van der Waals surface area contributed by atoms with Crippen LogP contribution in [0.5, 0.6) is 0 Å². The van der Waals surface area contributed by atoms with Crippen LogP contribution in [0.15, 0.2) is 35.7 Å². The number of carbonyl (C=O) groups excluding carboxylic acids is 1. The van der Waals surface area contributed by atoms with Gasteiger partial charge in [0.05, 0.1) is 15.9 Å². The molecule has 0 unspecified atom stereocenters. The Morgan fingerprint density at radius 2 is 1.96 bits per heavy atom. The number of rotatable bonds is 2. The molecule has 0 saturated carbocycles. The summed E-state index contributed by atoms with van der Waals surface area (Å²) in [4.78, 5) is 14.4. The molecule has 0 fully saturated rings. The van der Waals surface area contributed by atoms with E-state index in [1.54, 1.807) is 6.07 Å². The topological polar surface area (TPSA) is 61.5 Å². The largest absolute Gasteiger partial charge is 0.454 e. The number of hydrogen-bond donors (Lipinski definition) is 2. The minimum atomic E-state index is -4.88. The van der Waals surface area contributed by atoms with Crippen LogP contribution in [0, 0.1) is 0 Å². The normalized spacial score (nSPS) is 12.3. The third-order valence-corrected chi connectivity index (χ3v) is 4.49. The number of fused-ring (bicyclic) bond motifs is 2. The monoisotopic (exact) mass is 335 g/mol. The van der Waals surface area contributed by atoms with Crippen LogP contribution < -0.4 is 0 Å². The van der Waals surface area contributed by atoms with Gasteiger partial charge in [-0.15, -0.1) is 11.3 Å². The number of H-pyrrole nitrogens is 2. The molecule has 8 heteroatoms. The molecule has 4 nitrogen and oxygen atoms in total. The number of carbonyl (C=O) groups is 1. The lowest BCUT2D eigenvalue weighted by molar-refractivity contribution is -0.0885. The van der Waals surface area contributed by atoms with Crippen molar-refractivity contribution in [3.05, 3.63) is 41.3 Å². The molecule has 3 heterocycles. The summed E-state index contributed by atoms with van der Waals surface area (Å²) in [5.41, 5.74) is 2.36. The van der Waals surface area contributed by atoms with Gasteiger partial charge in [-0.3, -0.25) is 9.89 Å². The van der Waals surface area contributed by atoms with Gasteiger partial charge in [0, 0.05) is 16.5 Å². The van der Waals surface area contributed by atoms with Gasteiger partial charge >= 0.3 is 6.18 Å². The van der Waals surface area contributed by atoms with Gasteiger partial charge in [-0.2, -0.15) is 18.3 Å². The van der Waals surface area contributed by atoms with Crippen LogP contribution in [-0.4, -0.2) is 27.1 Å². The van der Waals surface area contributed by atoms with Crippen molar-refractivity contribution in [3.8, 4) is 11.4 Å². The van der Waals surface area contributed by atoms with Gasteiger partial charge in [-0.25, -0.2) is 0 Å². The average Bonchev–Trinajstić information content (AvgIpc) is 3.18. The summed E-state index contributed by atoms with van der Waals surface area (Å²) in [5, 5.41) is 9.76. The van der Waals surface area contributed by atoms with Crippen LogP contribution in [0.2, 0.25) is 0 Å². The highest BCUT2D eigenvalue weighted by atomic mass is 32.1. The highest BCUT2D eigenvalue weighted by molar-refractivity contribution is 7.17. The predicted molar refractivity (Wildman–Crippen MR) is 81.6 cm³/mol. The number of alkyl halides is 3. The van der Waals surface area contributed by atoms with Crippen LogP contribution in [0.4, 0.5) is 13.2 Å². The first-order valence-corrected chi connectivity index (χ1v) is 7.48. The summed E-state index contributed by atoms with van der Waals surface area (Å²) in [6.45, 7) is 0. The van der Waals surface area contributed by atoms with E-state index in [2.05, 4.69) is 15.2 Å². The maximum Gasteiger partial charge on any atom is 0.454 e. The van der Waals surface area contributed by atoms with Gasteiger partial charge in [0.1, 0.15) is 5.69 Å². The number of nitrogens with zero attached hydrogens (tertiary/aromatic N) is 1. The van der Waals surface area contributed by atoms with Crippen LogP contribution in [0.25, 0.3) is 32.5 Å². The molecule has 4 rings (SSSR count). The molecule has 0 radical (unpaired) electrons. The molecule has 0 aliphatic heterocycles. The number of thiophene rings is 1. The van der Waals surface area contributed by atoms with Crippen molar-refractivity contribution in [2.45, 2.75) is 6.18 Å². The minimum Gasteiger partial charge on any atom is -0.353 e. The molecular formula is C15H8F3N3OS. The Morgan fingerprint density at radius 3 is 2.74 bits per heavy atom. The van der Waals surface area contributed by atoms with E-state index in [9.17, 15) is 18.0 Å². The quantitative estimate of drug-likeness (QED) is 0.529. The zero-order valence-corrected chi connectivity index (χ0v) is 12.2.